The highest BCUT2D eigenvalue weighted by Crippen LogP contribution is 2.25. The first-order valence-corrected chi connectivity index (χ1v) is 13.5. The number of ether oxygens (including phenoxy) is 1. The molecule has 3 rings (SSSR count). The van der Waals surface area contributed by atoms with Crippen molar-refractivity contribution in [3.05, 3.63) is 34.6 Å². The van der Waals surface area contributed by atoms with Gasteiger partial charge in [-0.25, -0.2) is 9.18 Å². The summed E-state index contributed by atoms with van der Waals surface area (Å²) in [6, 6.07) is 1.51. The molecule has 12 heteroatoms. The molecule has 1 heterocycles. The van der Waals surface area contributed by atoms with Gasteiger partial charge in [0.1, 0.15) is 18.0 Å². The number of amides is 4. The number of ketones is 1. The lowest BCUT2D eigenvalue weighted by Gasteiger charge is -2.28. The third-order valence-corrected chi connectivity index (χ3v) is 6.80. The van der Waals surface area contributed by atoms with Gasteiger partial charge in [0, 0.05) is 29.1 Å². The Morgan fingerprint density at radius 1 is 1.13 bits per heavy atom. The van der Waals surface area contributed by atoms with E-state index in [0.29, 0.717) is 13.0 Å². The zero-order valence-corrected chi connectivity index (χ0v) is 23.3. The highest BCUT2D eigenvalue weighted by Gasteiger charge is 2.38. The molecule has 10 nitrogen and oxygen atoms in total. The van der Waals surface area contributed by atoms with Crippen LogP contribution in [0.3, 0.4) is 0 Å². The molecule has 0 radical (unpaired) electrons. The molecule has 2 aliphatic rings. The first-order chi connectivity index (χ1) is 18.2. The molecule has 4 N–H and O–H groups in total. The predicted molar refractivity (Wildman–Crippen MR) is 141 cm³/mol. The van der Waals surface area contributed by atoms with Gasteiger partial charge in [0.2, 0.25) is 17.6 Å². The average Bonchev–Trinajstić information content (AvgIpc) is 3.55. The topological polar surface area (TPSA) is 143 Å². The Kier molecular flexibility index (Phi) is 9.93. The van der Waals surface area contributed by atoms with Crippen LogP contribution < -0.4 is 21.3 Å². The summed E-state index contributed by atoms with van der Waals surface area (Å²) in [5.41, 5.74) is -0.328. The maximum Gasteiger partial charge on any atom is 0.408 e. The number of carbonyl (C=O) groups excluding carboxylic acids is 5. The standard InChI is InChI=1S/C27H36ClFN4O6/c1-14(18-8-5-16(28)12-19(18)29)39-26(38)33-21(13-27(2,3)4)24(36)32-20(11-15-9-10-30-23(15)35)22(34)25(37)31-17-6-7-17/h5,8,12,14-15,17,20-21H,6-7,9-11,13H2,1-4H3,(H,30,35)(H,31,37)(H,32,36)(H,33,38)/t14-,15+,20?,21+/m1/s1. The van der Waals surface area contributed by atoms with Crippen LogP contribution in [0.5, 0.6) is 0 Å². The van der Waals surface area contributed by atoms with Crippen LogP contribution in [0.1, 0.15) is 71.5 Å². The van der Waals surface area contributed by atoms with Gasteiger partial charge in [-0.05, 0) is 56.6 Å². The number of alkyl carbamates (subject to hydrolysis) is 1. The van der Waals surface area contributed by atoms with Gasteiger partial charge in [-0.3, -0.25) is 19.2 Å². The Hall–Kier alpha value is -3.21. The average molecular weight is 567 g/mol. The minimum atomic E-state index is -1.26. The van der Waals surface area contributed by atoms with Crippen LogP contribution >= 0.6 is 11.6 Å². The van der Waals surface area contributed by atoms with Crippen molar-refractivity contribution >= 4 is 41.2 Å². The predicted octanol–water partition coefficient (Wildman–Crippen LogP) is 2.93. The zero-order chi connectivity index (χ0) is 28.9. The highest BCUT2D eigenvalue weighted by atomic mass is 35.5. The summed E-state index contributed by atoms with van der Waals surface area (Å²) < 4.78 is 19.6. The van der Waals surface area contributed by atoms with Gasteiger partial charge in [-0.15, -0.1) is 0 Å². The van der Waals surface area contributed by atoms with E-state index in [2.05, 4.69) is 21.3 Å². The lowest BCUT2D eigenvalue weighted by atomic mass is 9.87. The summed E-state index contributed by atoms with van der Waals surface area (Å²) in [4.78, 5) is 63.8. The normalized spacial score (nSPS) is 19.3. The Morgan fingerprint density at radius 3 is 2.38 bits per heavy atom. The maximum absolute atomic E-state index is 14.3. The summed E-state index contributed by atoms with van der Waals surface area (Å²) in [7, 11) is 0. The van der Waals surface area contributed by atoms with Gasteiger partial charge in [0.15, 0.2) is 0 Å². The van der Waals surface area contributed by atoms with E-state index < -0.39 is 59.0 Å². The Morgan fingerprint density at radius 2 is 1.82 bits per heavy atom. The first kappa shape index (κ1) is 30.3. The Bertz CT molecular complexity index is 1120. The molecule has 1 saturated heterocycles. The number of hydrogen-bond acceptors (Lipinski definition) is 6. The molecule has 1 aromatic carbocycles. The molecule has 1 aromatic rings. The van der Waals surface area contributed by atoms with Crippen LogP contribution in [0.25, 0.3) is 0 Å². The maximum atomic E-state index is 14.3. The number of hydrogen-bond donors (Lipinski definition) is 4. The zero-order valence-electron chi connectivity index (χ0n) is 22.6. The second-order valence-corrected chi connectivity index (χ2v) is 11.8. The van der Waals surface area contributed by atoms with Crippen molar-refractivity contribution in [3.63, 3.8) is 0 Å². The second-order valence-electron chi connectivity index (χ2n) is 11.4. The third kappa shape index (κ3) is 9.19. The largest absolute Gasteiger partial charge is 0.442 e. The van der Waals surface area contributed by atoms with E-state index in [1.165, 1.54) is 19.1 Å². The van der Waals surface area contributed by atoms with Crippen molar-refractivity contribution in [1.82, 2.24) is 21.3 Å². The van der Waals surface area contributed by atoms with Crippen LogP contribution in [-0.4, -0.2) is 54.3 Å². The number of nitrogens with one attached hydrogen (secondary N) is 4. The van der Waals surface area contributed by atoms with Crippen LogP contribution in [-0.2, 0) is 23.9 Å². The van der Waals surface area contributed by atoms with E-state index in [0.717, 1.165) is 18.9 Å². The van der Waals surface area contributed by atoms with Gasteiger partial charge in [-0.1, -0.05) is 38.4 Å². The molecule has 4 atom stereocenters. The van der Waals surface area contributed by atoms with Crippen LogP contribution in [0.2, 0.25) is 5.02 Å². The fraction of sp³-hybridized carbons (Fsp3) is 0.593. The quantitative estimate of drug-likeness (QED) is 0.303. The minimum Gasteiger partial charge on any atom is -0.442 e. The molecule has 1 aliphatic carbocycles. The van der Waals surface area contributed by atoms with Crippen molar-refractivity contribution in [1.29, 1.82) is 0 Å². The summed E-state index contributed by atoms with van der Waals surface area (Å²) >= 11 is 5.79. The lowest BCUT2D eigenvalue weighted by Crippen LogP contribution is -2.55. The van der Waals surface area contributed by atoms with Crippen LogP contribution in [0, 0.1) is 17.2 Å². The fourth-order valence-corrected chi connectivity index (χ4v) is 4.51. The van der Waals surface area contributed by atoms with E-state index in [9.17, 15) is 28.4 Å². The third-order valence-electron chi connectivity index (χ3n) is 6.56. The van der Waals surface area contributed by atoms with Crippen molar-refractivity contribution in [3.8, 4) is 0 Å². The van der Waals surface area contributed by atoms with E-state index in [4.69, 9.17) is 16.3 Å². The summed E-state index contributed by atoms with van der Waals surface area (Å²) in [6.07, 6.45) is 0.189. The number of Topliss-reactive ketones (excluding diaryl/α,β-unsaturated/α-hetero) is 1. The van der Waals surface area contributed by atoms with Gasteiger partial charge in [0.05, 0.1) is 6.04 Å². The van der Waals surface area contributed by atoms with Crippen LogP contribution in [0.4, 0.5) is 9.18 Å². The van der Waals surface area contributed by atoms with E-state index >= 15 is 0 Å². The molecular formula is C27H36ClFN4O6. The SMILES string of the molecule is C[C@@H](OC(=O)N[C@@H](CC(C)(C)C)C(=O)NC(C[C@@H]1CCNC1=O)C(=O)C(=O)NC1CC1)c1ccc(Cl)cc1F. The molecule has 0 bridgehead atoms. The van der Waals surface area contributed by atoms with Crippen molar-refractivity contribution < 1.29 is 33.1 Å². The molecule has 4 amide bonds. The molecule has 2 fully saturated rings. The van der Waals surface area contributed by atoms with Crippen molar-refractivity contribution in [2.24, 2.45) is 11.3 Å². The monoisotopic (exact) mass is 566 g/mol. The van der Waals surface area contributed by atoms with E-state index in [1.807, 2.05) is 20.8 Å². The van der Waals surface area contributed by atoms with Crippen molar-refractivity contribution in [2.45, 2.75) is 84.0 Å². The van der Waals surface area contributed by atoms with E-state index in [-0.39, 0.29) is 35.4 Å². The fourth-order valence-electron chi connectivity index (χ4n) is 4.35. The summed E-state index contributed by atoms with van der Waals surface area (Å²) in [6.45, 7) is 7.51. The van der Waals surface area contributed by atoms with Gasteiger partial charge in [-0.2, -0.15) is 0 Å². The Balaban J connectivity index is 1.72. The molecule has 1 saturated carbocycles. The van der Waals surface area contributed by atoms with Gasteiger partial charge < -0.3 is 26.0 Å². The molecule has 0 aromatic heterocycles. The second kappa shape index (κ2) is 12.8. The molecule has 1 unspecified atom stereocenters. The number of carbonyl (C=O) groups is 5. The first-order valence-electron chi connectivity index (χ1n) is 13.1. The lowest BCUT2D eigenvalue weighted by molar-refractivity contribution is -0.141. The molecule has 0 spiro atoms. The van der Waals surface area contributed by atoms with Gasteiger partial charge >= 0.3 is 6.09 Å². The summed E-state index contributed by atoms with van der Waals surface area (Å²) in [5, 5.41) is 10.6. The van der Waals surface area contributed by atoms with E-state index in [1.54, 1.807) is 0 Å². The Labute approximate surface area is 232 Å². The molecule has 39 heavy (non-hydrogen) atoms. The minimum absolute atomic E-state index is 0.0476. The van der Waals surface area contributed by atoms with Crippen molar-refractivity contribution in [2.75, 3.05) is 6.54 Å². The highest BCUT2D eigenvalue weighted by molar-refractivity contribution is 6.38. The molecule has 1 aliphatic heterocycles. The smallest absolute Gasteiger partial charge is 0.408 e. The number of benzene rings is 1. The van der Waals surface area contributed by atoms with Gasteiger partial charge in [0.25, 0.3) is 5.91 Å². The number of rotatable bonds is 11. The summed E-state index contributed by atoms with van der Waals surface area (Å²) in [5.74, 6) is -3.81. The number of halogens is 2. The molecular weight excluding hydrogens is 531 g/mol. The molecule has 214 valence electrons. The van der Waals surface area contributed by atoms with Crippen LogP contribution in [0.15, 0.2) is 18.2 Å².